The molecule has 2 fully saturated rings. The number of nitrogens with zero attached hydrogens (tertiary/aromatic N) is 1. The van der Waals surface area contributed by atoms with Crippen molar-refractivity contribution in [3.63, 3.8) is 0 Å². The van der Waals surface area contributed by atoms with Gasteiger partial charge in [-0.15, -0.1) is 0 Å². The Bertz CT molecular complexity index is 414. The van der Waals surface area contributed by atoms with Gasteiger partial charge in [0.15, 0.2) is 0 Å². The first kappa shape index (κ1) is 12.2. The van der Waals surface area contributed by atoms with Crippen molar-refractivity contribution in [1.82, 2.24) is 10.2 Å². The van der Waals surface area contributed by atoms with Crippen molar-refractivity contribution in [3.05, 3.63) is 35.9 Å². The predicted octanol–water partition coefficient (Wildman–Crippen LogP) is 2.60. The summed E-state index contributed by atoms with van der Waals surface area (Å²) in [5.74, 6) is 0.894. The van der Waals surface area contributed by atoms with E-state index in [1.807, 2.05) is 0 Å². The highest BCUT2D eigenvalue weighted by atomic mass is 15.3. The predicted molar refractivity (Wildman–Crippen MR) is 75.5 cm³/mol. The van der Waals surface area contributed by atoms with E-state index < -0.39 is 0 Å². The number of rotatable bonds is 2. The van der Waals surface area contributed by atoms with Crippen LogP contribution >= 0.6 is 0 Å². The van der Waals surface area contributed by atoms with E-state index in [2.05, 4.69) is 61.3 Å². The van der Waals surface area contributed by atoms with Crippen molar-refractivity contribution in [2.45, 2.75) is 44.8 Å². The van der Waals surface area contributed by atoms with Crippen molar-refractivity contribution in [1.29, 1.82) is 0 Å². The molecule has 2 nitrogen and oxygen atoms in total. The van der Waals surface area contributed by atoms with Crippen LogP contribution < -0.4 is 5.32 Å². The summed E-state index contributed by atoms with van der Waals surface area (Å²) in [6, 6.07) is 12.4. The van der Waals surface area contributed by atoms with Crippen LogP contribution in [0.1, 0.15) is 32.8 Å². The lowest BCUT2D eigenvalue weighted by atomic mass is 9.88. The van der Waals surface area contributed by atoms with E-state index in [0.29, 0.717) is 6.04 Å². The molecule has 2 aliphatic rings. The van der Waals surface area contributed by atoms with Crippen LogP contribution in [-0.2, 0) is 5.54 Å². The molecule has 0 bridgehead atoms. The summed E-state index contributed by atoms with van der Waals surface area (Å²) >= 11 is 0. The highest BCUT2D eigenvalue weighted by Gasteiger charge is 2.45. The topological polar surface area (TPSA) is 15.3 Å². The number of piperazine rings is 1. The summed E-state index contributed by atoms with van der Waals surface area (Å²) in [6.45, 7) is 9.29. The second-order valence-electron chi connectivity index (χ2n) is 6.38. The molecule has 1 saturated heterocycles. The first-order valence-corrected chi connectivity index (χ1v) is 7.16. The molecule has 1 saturated carbocycles. The molecule has 1 aromatic carbocycles. The van der Waals surface area contributed by atoms with Crippen LogP contribution in [0.25, 0.3) is 0 Å². The zero-order valence-electron chi connectivity index (χ0n) is 11.7. The molecule has 0 aromatic heterocycles. The first-order valence-electron chi connectivity index (χ1n) is 7.16. The van der Waals surface area contributed by atoms with E-state index in [1.165, 1.54) is 12.0 Å². The standard InChI is InChI=1S/C16H24N2/c1-12-9-15(12)18-11-16(3,17-10-13(18)2)14-7-5-4-6-8-14/h4-8,12-13,15,17H,9-11H2,1-3H3. The number of benzene rings is 1. The molecule has 1 aliphatic heterocycles. The Hall–Kier alpha value is -0.860. The van der Waals surface area contributed by atoms with Crippen molar-refractivity contribution in [2.75, 3.05) is 13.1 Å². The van der Waals surface area contributed by atoms with Crippen molar-refractivity contribution >= 4 is 0 Å². The van der Waals surface area contributed by atoms with Gasteiger partial charge in [0, 0.05) is 25.2 Å². The first-order chi connectivity index (χ1) is 8.60. The lowest BCUT2D eigenvalue weighted by Gasteiger charge is -2.46. The number of hydrogen-bond acceptors (Lipinski definition) is 2. The van der Waals surface area contributed by atoms with Gasteiger partial charge in [0.1, 0.15) is 0 Å². The molecular formula is C16H24N2. The quantitative estimate of drug-likeness (QED) is 0.860. The van der Waals surface area contributed by atoms with Crippen molar-refractivity contribution in [3.8, 4) is 0 Å². The number of nitrogens with one attached hydrogen (secondary N) is 1. The summed E-state index contributed by atoms with van der Waals surface area (Å²) < 4.78 is 0. The zero-order valence-corrected chi connectivity index (χ0v) is 11.7. The van der Waals surface area contributed by atoms with Gasteiger partial charge in [-0.1, -0.05) is 37.3 Å². The van der Waals surface area contributed by atoms with Gasteiger partial charge in [0.25, 0.3) is 0 Å². The Kier molecular flexibility index (Phi) is 2.95. The summed E-state index contributed by atoms with van der Waals surface area (Å²) in [5, 5.41) is 3.75. The van der Waals surface area contributed by atoms with E-state index in [0.717, 1.165) is 25.0 Å². The van der Waals surface area contributed by atoms with Crippen LogP contribution in [0.3, 0.4) is 0 Å². The summed E-state index contributed by atoms with van der Waals surface area (Å²) in [4.78, 5) is 2.72. The van der Waals surface area contributed by atoms with Crippen LogP contribution in [0.15, 0.2) is 30.3 Å². The molecule has 1 heterocycles. The minimum atomic E-state index is 0.107. The van der Waals surface area contributed by atoms with Gasteiger partial charge in [-0.05, 0) is 31.7 Å². The SMILES string of the molecule is CC1CC1N1CC(C)(c2ccccc2)NCC1C. The summed E-state index contributed by atoms with van der Waals surface area (Å²) in [6.07, 6.45) is 1.38. The van der Waals surface area contributed by atoms with Crippen LogP contribution in [0.5, 0.6) is 0 Å². The van der Waals surface area contributed by atoms with Crippen LogP contribution in [0, 0.1) is 5.92 Å². The molecule has 18 heavy (non-hydrogen) atoms. The molecular weight excluding hydrogens is 220 g/mol. The van der Waals surface area contributed by atoms with Gasteiger partial charge in [-0.2, -0.15) is 0 Å². The smallest absolute Gasteiger partial charge is 0.0535 e. The second-order valence-corrected chi connectivity index (χ2v) is 6.38. The molecule has 4 unspecified atom stereocenters. The normalized spacial score (nSPS) is 40.7. The van der Waals surface area contributed by atoms with Gasteiger partial charge in [0.2, 0.25) is 0 Å². The van der Waals surface area contributed by atoms with Crippen molar-refractivity contribution in [2.24, 2.45) is 5.92 Å². The highest BCUT2D eigenvalue weighted by Crippen LogP contribution is 2.39. The average Bonchev–Trinajstić information content (AvgIpc) is 3.11. The minimum Gasteiger partial charge on any atom is -0.305 e. The molecule has 98 valence electrons. The molecule has 4 atom stereocenters. The second kappa shape index (κ2) is 4.36. The van der Waals surface area contributed by atoms with E-state index in [9.17, 15) is 0 Å². The molecule has 0 spiro atoms. The van der Waals surface area contributed by atoms with E-state index in [-0.39, 0.29) is 5.54 Å². The zero-order chi connectivity index (χ0) is 12.8. The maximum absolute atomic E-state index is 3.75. The Morgan fingerprint density at radius 3 is 2.50 bits per heavy atom. The van der Waals surface area contributed by atoms with Gasteiger partial charge < -0.3 is 5.32 Å². The third-order valence-corrected chi connectivity index (χ3v) is 4.76. The third-order valence-electron chi connectivity index (χ3n) is 4.76. The number of hydrogen-bond donors (Lipinski definition) is 1. The average molecular weight is 244 g/mol. The van der Waals surface area contributed by atoms with Crippen LogP contribution in [0.2, 0.25) is 0 Å². The van der Waals surface area contributed by atoms with E-state index in [1.54, 1.807) is 0 Å². The molecule has 1 aromatic rings. The highest BCUT2D eigenvalue weighted by molar-refractivity contribution is 5.25. The van der Waals surface area contributed by atoms with Crippen LogP contribution in [-0.4, -0.2) is 30.1 Å². The van der Waals surface area contributed by atoms with Gasteiger partial charge in [-0.3, -0.25) is 4.90 Å². The Morgan fingerprint density at radius 2 is 1.89 bits per heavy atom. The monoisotopic (exact) mass is 244 g/mol. The molecule has 2 heteroatoms. The Balaban J connectivity index is 1.81. The fraction of sp³-hybridized carbons (Fsp3) is 0.625. The maximum atomic E-state index is 3.75. The molecule has 1 aliphatic carbocycles. The fourth-order valence-electron chi connectivity index (χ4n) is 3.28. The molecule has 0 radical (unpaired) electrons. The van der Waals surface area contributed by atoms with E-state index >= 15 is 0 Å². The summed E-state index contributed by atoms with van der Waals surface area (Å²) in [5.41, 5.74) is 1.52. The fourth-order valence-corrected chi connectivity index (χ4v) is 3.28. The van der Waals surface area contributed by atoms with Gasteiger partial charge >= 0.3 is 0 Å². The molecule has 0 amide bonds. The Labute approximate surface area is 110 Å². The van der Waals surface area contributed by atoms with Gasteiger partial charge in [0.05, 0.1) is 5.54 Å². The minimum absolute atomic E-state index is 0.107. The van der Waals surface area contributed by atoms with E-state index in [4.69, 9.17) is 0 Å². The molecule has 1 N–H and O–H groups in total. The maximum Gasteiger partial charge on any atom is 0.0535 e. The lowest BCUT2D eigenvalue weighted by Crippen LogP contribution is -2.61. The summed E-state index contributed by atoms with van der Waals surface area (Å²) in [7, 11) is 0. The third kappa shape index (κ3) is 2.08. The lowest BCUT2D eigenvalue weighted by molar-refractivity contribution is 0.0831. The van der Waals surface area contributed by atoms with Crippen LogP contribution in [0.4, 0.5) is 0 Å². The molecule has 3 rings (SSSR count). The Morgan fingerprint density at radius 1 is 1.22 bits per heavy atom. The van der Waals surface area contributed by atoms with Gasteiger partial charge in [-0.25, -0.2) is 0 Å². The largest absolute Gasteiger partial charge is 0.305 e. The van der Waals surface area contributed by atoms with Crippen molar-refractivity contribution < 1.29 is 0 Å².